The zero-order valence-corrected chi connectivity index (χ0v) is 13.2. The van der Waals surface area contributed by atoms with Gasteiger partial charge in [-0.15, -0.1) is 5.10 Å². The summed E-state index contributed by atoms with van der Waals surface area (Å²) in [5, 5.41) is 13.7. The third-order valence-corrected chi connectivity index (χ3v) is 3.44. The molecule has 7 heteroatoms. The zero-order valence-electron chi connectivity index (χ0n) is 11.7. The normalized spacial score (nSPS) is 11.0. The van der Waals surface area contributed by atoms with Gasteiger partial charge in [0, 0.05) is 30.8 Å². The summed E-state index contributed by atoms with van der Waals surface area (Å²) < 4.78 is 6.78. The van der Waals surface area contributed by atoms with Crippen LogP contribution in [-0.2, 0) is 7.05 Å². The van der Waals surface area contributed by atoms with Gasteiger partial charge in [0.25, 0.3) is 5.56 Å². The molecule has 1 aromatic carbocycles. The van der Waals surface area contributed by atoms with Gasteiger partial charge in [-0.25, -0.2) is 4.68 Å². The van der Waals surface area contributed by atoms with Crippen LogP contribution in [0, 0.1) is 0 Å². The molecule has 0 atom stereocenters. The minimum absolute atomic E-state index is 0.0276. The molecule has 0 amide bonds. The molecule has 1 heterocycles. The Morgan fingerprint density at radius 3 is 2.33 bits per heavy atom. The van der Waals surface area contributed by atoms with Gasteiger partial charge in [0.2, 0.25) is 5.88 Å². The highest BCUT2D eigenvalue weighted by atomic mass is 35.5. The molecule has 0 saturated heterocycles. The molecule has 0 aliphatic rings. The van der Waals surface area contributed by atoms with E-state index in [1.165, 1.54) is 16.8 Å². The van der Waals surface area contributed by atoms with Gasteiger partial charge in [0.15, 0.2) is 5.75 Å². The van der Waals surface area contributed by atoms with E-state index in [0.29, 0.717) is 5.56 Å². The second kappa shape index (κ2) is 5.95. The standard InChI is InChI=1S/C14H14Cl2N2O3/c1-7(2)9-6-12(17-18(3)14(9)20)21-13-10(15)4-8(19)5-11(13)16/h4-7,19H,1-3H3. The van der Waals surface area contributed by atoms with Crippen LogP contribution in [0.2, 0.25) is 10.0 Å². The topological polar surface area (TPSA) is 64.3 Å². The molecule has 0 radical (unpaired) electrons. The van der Waals surface area contributed by atoms with Crippen LogP contribution in [0.3, 0.4) is 0 Å². The van der Waals surface area contributed by atoms with Gasteiger partial charge in [0.05, 0.1) is 10.0 Å². The maximum Gasteiger partial charge on any atom is 0.270 e. The zero-order chi connectivity index (χ0) is 15.7. The molecule has 0 fully saturated rings. The first-order valence-corrected chi connectivity index (χ1v) is 6.99. The third kappa shape index (κ3) is 3.31. The van der Waals surface area contributed by atoms with Crippen molar-refractivity contribution in [2.24, 2.45) is 7.05 Å². The van der Waals surface area contributed by atoms with E-state index in [9.17, 15) is 9.90 Å². The first kappa shape index (κ1) is 15.7. The molecule has 0 saturated carbocycles. The fourth-order valence-corrected chi connectivity index (χ4v) is 2.37. The molecule has 5 nitrogen and oxygen atoms in total. The lowest BCUT2D eigenvalue weighted by molar-refractivity contribution is 0.434. The van der Waals surface area contributed by atoms with Crippen molar-refractivity contribution in [2.75, 3.05) is 0 Å². The van der Waals surface area contributed by atoms with Crippen molar-refractivity contribution in [1.82, 2.24) is 9.78 Å². The summed E-state index contributed by atoms with van der Waals surface area (Å²) in [6.45, 7) is 3.81. The molecule has 0 unspecified atom stereocenters. The molecule has 0 bridgehead atoms. The number of aryl methyl sites for hydroxylation is 1. The molecule has 0 spiro atoms. The SMILES string of the molecule is CC(C)c1cc(Oc2c(Cl)cc(O)cc2Cl)nn(C)c1=O. The first-order valence-electron chi connectivity index (χ1n) is 6.23. The number of phenols is 1. The van der Waals surface area contributed by atoms with Crippen LogP contribution in [0.25, 0.3) is 0 Å². The van der Waals surface area contributed by atoms with Crippen LogP contribution in [0.1, 0.15) is 25.3 Å². The fraction of sp³-hybridized carbons (Fsp3) is 0.286. The van der Waals surface area contributed by atoms with Gasteiger partial charge in [0.1, 0.15) is 5.75 Å². The molecule has 2 aromatic rings. The van der Waals surface area contributed by atoms with Crippen molar-refractivity contribution < 1.29 is 9.84 Å². The minimum Gasteiger partial charge on any atom is -0.508 e. The average Bonchev–Trinajstić information content (AvgIpc) is 2.37. The summed E-state index contributed by atoms with van der Waals surface area (Å²) >= 11 is 12.0. The maximum absolute atomic E-state index is 12.0. The van der Waals surface area contributed by atoms with Crippen LogP contribution in [0.5, 0.6) is 17.4 Å². The first-order chi connectivity index (χ1) is 9.79. The predicted molar refractivity (Wildman–Crippen MR) is 81.8 cm³/mol. The van der Waals surface area contributed by atoms with Crippen molar-refractivity contribution in [1.29, 1.82) is 0 Å². The largest absolute Gasteiger partial charge is 0.508 e. The molecule has 1 aromatic heterocycles. The highest BCUT2D eigenvalue weighted by Gasteiger charge is 2.15. The summed E-state index contributed by atoms with van der Waals surface area (Å²) in [5.41, 5.74) is 0.397. The number of nitrogens with zero attached hydrogens (tertiary/aromatic N) is 2. The molecule has 0 aliphatic heterocycles. The van der Waals surface area contributed by atoms with E-state index in [2.05, 4.69) is 5.10 Å². The van der Waals surface area contributed by atoms with Crippen LogP contribution in [0.4, 0.5) is 0 Å². The predicted octanol–water partition coefficient (Wildman–Crippen LogP) is 3.71. The lowest BCUT2D eigenvalue weighted by Crippen LogP contribution is -2.24. The van der Waals surface area contributed by atoms with Crippen molar-refractivity contribution in [2.45, 2.75) is 19.8 Å². The monoisotopic (exact) mass is 328 g/mol. The highest BCUT2D eigenvalue weighted by Crippen LogP contribution is 2.38. The summed E-state index contributed by atoms with van der Waals surface area (Å²) in [6, 6.07) is 4.19. The Morgan fingerprint density at radius 1 is 1.24 bits per heavy atom. The van der Waals surface area contributed by atoms with E-state index >= 15 is 0 Å². The average molecular weight is 329 g/mol. The molecule has 112 valence electrons. The molecular weight excluding hydrogens is 315 g/mol. The highest BCUT2D eigenvalue weighted by molar-refractivity contribution is 6.37. The van der Waals surface area contributed by atoms with Gasteiger partial charge in [-0.05, 0) is 5.92 Å². The van der Waals surface area contributed by atoms with Crippen LogP contribution >= 0.6 is 23.2 Å². The Kier molecular flexibility index (Phi) is 4.44. The summed E-state index contributed by atoms with van der Waals surface area (Å²) in [7, 11) is 1.54. The minimum atomic E-state index is -0.180. The van der Waals surface area contributed by atoms with Crippen molar-refractivity contribution in [3.8, 4) is 17.4 Å². The van der Waals surface area contributed by atoms with Crippen LogP contribution < -0.4 is 10.3 Å². The number of halogens is 2. The summed E-state index contributed by atoms with van der Waals surface area (Å²) in [6.07, 6.45) is 0. The van der Waals surface area contributed by atoms with Gasteiger partial charge < -0.3 is 9.84 Å². The van der Waals surface area contributed by atoms with Gasteiger partial charge in [-0.2, -0.15) is 0 Å². The number of hydrogen-bond acceptors (Lipinski definition) is 4. The number of ether oxygens (including phenoxy) is 1. The summed E-state index contributed by atoms with van der Waals surface area (Å²) in [4.78, 5) is 12.0. The van der Waals surface area contributed by atoms with E-state index in [1.807, 2.05) is 13.8 Å². The quantitative estimate of drug-likeness (QED) is 0.932. The van der Waals surface area contributed by atoms with E-state index in [-0.39, 0.29) is 38.9 Å². The Bertz CT molecular complexity index is 718. The second-order valence-electron chi connectivity index (χ2n) is 4.86. The summed E-state index contributed by atoms with van der Waals surface area (Å²) in [5.74, 6) is 0.348. The van der Waals surface area contributed by atoms with E-state index in [0.717, 1.165) is 0 Å². The second-order valence-corrected chi connectivity index (χ2v) is 5.68. The van der Waals surface area contributed by atoms with Crippen molar-refractivity contribution in [3.63, 3.8) is 0 Å². The van der Waals surface area contributed by atoms with E-state index in [4.69, 9.17) is 27.9 Å². The molecule has 21 heavy (non-hydrogen) atoms. The number of hydrogen-bond donors (Lipinski definition) is 1. The number of aromatic hydroxyl groups is 1. The Hall–Kier alpha value is -1.72. The van der Waals surface area contributed by atoms with E-state index in [1.54, 1.807) is 13.1 Å². The lowest BCUT2D eigenvalue weighted by Gasteiger charge is -2.12. The maximum atomic E-state index is 12.0. The fourth-order valence-electron chi connectivity index (χ4n) is 1.82. The Morgan fingerprint density at radius 2 is 1.81 bits per heavy atom. The number of aromatic nitrogens is 2. The molecule has 2 rings (SSSR count). The van der Waals surface area contributed by atoms with Crippen LogP contribution in [-0.4, -0.2) is 14.9 Å². The Labute approximate surface area is 131 Å². The van der Waals surface area contributed by atoms with Crippen LogP contribution in [0.15, 0.2) is 23.0 Å². The number of phenolic OH excluding ortho intramolecular Hbond substituents is 1. The number of benzene rings is 1. The van der Waals surface area contributed by atoms with Crippen molar-refractivity contribution in [3.05, 3.63) is 44.2 Å². The number of rotatable bonds is 3. The third-order valence-electron chi connectivity index (χ3n) is 2.88. The molecule has 1 N–H and O–H groups in total. The smallest absolute Gasteiger partial charge is 0.270 e. The van der Waals surface area contributed by atoms with Gasteiger partial charge in [-0.3, -0.25) is 4.79 Å². The van der Waals surface area contributed by atoms with Gasteiger partial charge in [-0.1, -0.05) is 37.0 Å². The van der Waals surface area contributed by atoms with Gasteiger partial charge >= 0.3 is 0 Å². The Balaban J connectivity index is 2.48. The lowest BCUT2D eigenvalue weighted by atomic mass is 10.1. The molecular formula is C14H14Cl2N2O3. The molecule has 0 aliphatic carbocycles. The van der Waals surface area contributed by atoms with Crippen molar-refractivity contribution >= 4 is 23.2 Å². The van der Waals surface area contributed by atoms with E-state index < -0.39 is 0 Å².